The van der Waals surface area contributed by atoms with Crippen LogP contribution in [0.1, 0.15) is 5.56 Å². The molecule has 0 saturated carbocycles. The largest absolute Gasteiger partial charge is 0.314 e. The van der Waals surface area contributed by atoms with Gasteiger partial charge < -0.3 is 4.90 Å². The van der Waals surface area contributed by atoms with E-state index in [1.807, 2.05) is 44.3 Å². The number of nitrogens with zero attached hydrogens (tertiary/aromatic N) is 4. The van der Waals surface area contributed by atoms with Crippen LogP contribution in [0.15, 0.2) is 53.6 Å². The topological polar surface area (TPSA) is 50.5 Å². The average molecular weight is 266 g/mol. The molecule has 0 unspecified atom stereocenters. The summed E-state index contributed by atoms with van der Waals surface area (Å²) in [6, 6.07) is 10.9. The molecule has 0 spiro atoms. The van der Waals surface area contributed by atoms with Gasteiger partial charge in [0, 0.05) is 25.5 Å². The Morgan fingerprint density at radius 2 is 2.00 bits per heavy atom. The van der Waals surface area contributed by atoms with Crippen molar-refractivity contribution in [2.75, 3.05) is 11.9 Å². The zero-order valence-electron chi connectivity index (χ0n) is 11.3. The van der Waals surface area contributed by atoms with Gasteiger partial charge in [-0.25, -0.2) is 9.97 Å². The van der Waals surface area contributed by atoms with E-state index in [2.05, 4.69) is 9.97 Å². The van der Waals surface area contributed by atoms with Crippen molar-refractivity contribution in [1.82, 2.24) is 14.4 Å². The smallest absolute Gasteiger partial charge is 0.259 e. The Morgan fingerprint density at radius 1 is 1.15 bits per heavy atom. The Kier molecular flexibility index (Phi) is 2.95. The molecular weight excluding hydrogens is 252 g/mol. The van der Waals surface area contributed by atoms with E-state index < -0.39 is 0 Å². The molecule has 0 aromatic carbocycles. The molecule has 0 N–H and O–H groups in total. The molecule has 3 aromatic rings. The monoisotopic (exact) mass is 266 g/mol. The van der Waals surface area contributed by atoms with Gasteiger partial charge in [-0.15, -0.1) is 0 Å². The summed E-state index contributed by atoms with van der Waals surface area (Å²) in [5, 5.41) is 0. The van der Waals surface area contributed by atoms with E-state index >= 15 is 0 Å². The predicted molar refractivity (Wildman–Crippen MR) is 78.5 cm³/mol. The van der Waals surface area contributed by atoms with Crippen molar-refractivity contribution < 1.29 is 0 Å². The highest BCUT2D eigenvalue weighted by molar-refractivity contribution is 5.58. The van der Waals surface area contributed by atoms with E-state index in [0.29, 0.717) is 11.5 Å². The Labute approximate surface area is 116 Å². The van der Waals surface area contributed by atoms with Crippen LogP contribution in [0.2, 0.25) is 0 Å². The Balaban J connectivity index is 2.12. The van der Waals surface area contributed by atoms with Gasteiger partial charge in [-0.05, 0) is 36.8 Å². The number of pyridine rings is 2. The zero-order chi connectivity index (χ0) is 14.1. The lowest BCUT2D eigenvalue weighted by Crippen LogP contribution is -2.20. The summed E-state index contributed by atoms with van der Waals surface area (Å²) in [5.41, 5.74) is 1.62. The number of hydrogen-bond donors (Lipinski definition) is 0. The number of hydrogen-bond acceptors (Lipinski definition) is 4. The Bertz CT molecular complexity index is 825. The highest BCUT2D eigenvalue weighted by Gasteiger charge is 2.09. The van der Waals surface area contributed by atoms with Gasteiger partial charge in [0.15, 0.2) is 0 Å². The molecule has 0 fully saturated rings. The first-order valence-electron chi connectivity index (χ1n) is 6.30. The standard InChI is InChI=1S/C15H14N4O/c1-11-6-7-16-13(9-11)18(2)14-10-15(20)19-8-4-3-5-12(19)17-14/h3-10H,1-2H3. The molecule has 0 aliphatic rings. The third-order valence-electron chi connectivity index (χ3n) is 3.15. The number of aromatic nitrogens is 3. The van der Waals surface area contributed by atoms with Gasteiger partial charge >= 0.3 is 0 Å². The Morgan fingerprint density at radius 3 is 2.80 bits per heavy atom. The molecule has 3 heterocycles. The summed E-state index contributed by atoms with van der Waals surface area (Å²) in [6.45, 7) is 2.00. The molecule has 100 valence electrons. The molecule has 3 rings (SSSR count). The van der Waals surface area contributed by atoms with Gasteiger partial charge in [-0.3, -0.25) is 9.20 Å². The molecule has 0 bridgehead atoms. The van der Waals surface area contributed by atoms with E-state index in [-0.39, 0.29) is 5.56 Å². The number of rotatable bonds is 2. The third-order valence-corrected chi connectivity index (χ3v) is 3.15. The molecule has 5 heteroatoms. The van der Waals surface area contributed by atoms with Crippen molar-refractivity contribution in [1.29, 1.82) is 0 Å². The minimum absolute atomic E-state index is 0.106. The summed E-state index contributed by atoms with van der Waals surface area (Å²) >= 11 is 0. The van der Waals surface area contributed by atoms with E-state index in [1.165, 1.54) is 10.5 Å². The van der Waals surface area contributed by atoms with Crippen LogP contribution in [0.4, 0.5) is 11.6 Å². The second kappa shape index (κ2) is 4.77. The molecule has 0 saturated heterocycles. The van der Waals surface area contributed by atoms with Crippen LogP contribution in [0, 0.1) is 6.92 Å². The average Bonchev–Trinajstić information content (AvgIpc) is 2.46. The number of fused-ring (bicyclic) bond motifs is 1. The van der Waals surface area contributed by atoms with Crippen molar-refractivity contribution in [3.05, 3.63) is 64.7 Å². The Hall–Kier alpha value is -2.69. The summed E-state index contributed by atoms with van der Waals surface area (Å²) < 4.78 is 1.51. The molecule has 5 nitrogen and oxygen atoms in total. The second-order valence-electron chi connectivity index (χ2n) is 4.63. The first-order valence-corrected chi connectivity index (χ1v) is 6.30. The highest BCUT2D eigenvalue weighted by Crippen LogP contribution is 2.19. The second-order valence-corrected chi connectivity index (χ2v) is 4.63. The predicted octanol–water partition coefficient (Wildman–Crippen LogP) is 2.17. The van der Waals surface area contributed by atoms with Gasteiger partial charge in [-0.2, -0.15) is 0 Å². The number of aryl methyl sites for hydroxylation is 1. The fourth-order valence-corrected chi connectivity index (χ4v) is 2.03. The van der Waals surface area contributed by atoms with E-state index in [0.717, 1.165) is 11.4 Å². The number of anilines is 2. The van der Waals surface area contributed by atoms with Crippen LogP contribution in [0.3, 0.4) is 0 Å². The summed E-state index contributed by atoms with van der Waals surface area (Å²) in [7, 11) is 1.85. The first-order chi connectivity index (χ1) is 9.65. The highest BCUT2D eigenvalue weighted by atomic mass is 16.1. The third kappa shape index (κ3) is 2.14. The van der Waals surface area contributed by atoms with E-state index in [4.69, 9.17) is 0 Å². The maximum atomic E-state index is 12.1. The zero-order valence-corrected chi connectivity index (χ0v) is 11.3. The quantitative estimate of drug-likeness (QED) is 0.713. The molecule has 0 amide bonds. The molecule has 3 aromatic heterocycles. The molecule has 0 aliphatic carbocycles. The van der Waals surface area contributed by atoms with Gasteiger partial charge in [0.1, 0.15) is 17.3 Å². The minimum Gasteiger partial charge on any atom is -0.314 e. The molecule has 0 aliphatic heterocycles. The fraction of sp³-hybridized carbons (Fsp3) is 0.133. The van der Waals surface area contributed by atoms with Crippen LogP contribution in [-0.2, 0) is 0 Å². The molecule has 0 atom stereocenters. The van der Waals surface area contributed by atoms with Crippen LogP contribution >= 0.6 is 0 Å². The van der Waals surface area contributed by atoms with Crippen LogP contribution in [0.5, 0.6) is 0 Å². The van der Waals surface area contributed by atoms with Crippen LogP contribution in [-0.4, -0.2) is 21.4 Å². The maximum Gasteiger partial charge on any atom is 0.259 e. The van der Waals surface area contributed by atoms with Crippen LogP contribution in [0.25, 0.3) is 5.65 Å². The first kappa shape index (κ1) is 12.3. The van der Waals surface area contributed by atoms with Gasteiger partial charge in [-0.1, -0.05) is 6.07 Å². The fourth-order valence-electron chi connectivity index (χ4n) is 2.03. The molecule has 0 radical (unpaired) electrons. The van der Waals surface area contributed by atoms with Gasteiger partial charge in [0.05, 0.1) is 0 Å². The molecule has 20 heavy (non-hydrogen) atoms. The lowest BCUT2D eigenvalue weighted by atomic mass is 10.3. The molecular formula is C15H14N4O. The summed E-state index contributed by atoms with van der Waals surface area (Å²) in [4.78, 5) is 22.7. The van der Waals surface area contributed by atoms with Crippen molar-refractivity contribution >= 4 is 17.3 Å². The minimum atomic E-state index is -0.106. The van der Waals surface area contributed by atoms with Crippen molar-refractivity contribution in [3.63, 3.8) is 0 Å². The summed E-state index contributed by atoms with van der Waals surface area (Å²) in [5.74, 6) is 1.34. The van der Waals surface area contributed by atoms with E-state index in [9.17, 15) is 4.79 Å². The normalized spacial score (nSPS) is 10.7. The maximum absolute atomic E-state index is 12.1. The van der Waals surface area contributed by atoms with E-state index in [1.54, 1.807) is 17.3 Å². The van der Waals surface area contributed by atoms with Crippen LogP contribution < -0.4 is 10.5 Å². The van der Waals surface area contributed by atoms with Gasteiger partial charge in [0.2, 0.25) is 0 Å². The lowest BCUT2D eigenvalue weighted by molar-refractivity contribution is 1.00. The lowest BCUT2D eigenvalue weighted by Gasteiger charge is -2.17. The van der Waals surface area contributed by atoms with Gasteiger partial charge in [0.25, 0.3) is 5.56 Å². The van der Waals surface area contributed by atoms with Crippen molar-refractivity contribution in [2.45, 2.75) is 6.92 Å². The van der Waals surface area contributed by atoms with Crippen molar-refractivity contribution in [2.24, 2.45) is 0 Å². The van der Waals surface area contributed by atoms with Crippen molar-refractivity contribution in [3.8, 4) is 0 Å². The SMILES string of the molecule is Cc1ccnc(N(C)c2cc(=O)n3ccccc3n2)c1. The summed E-state index contributed by atoms with van der Waals surface area (Å²) in [6.07, 6.45) is 3.45.